The summed E-state index contributed by atoms with van der Waals surface area (Å²) < 4.78 is 40.8. The van der Waals surface area contributed by atoms with Gasteiger partial charge in [-0.1, -0.05) is 72.9 Å². The molecule has 2 aromatic carbocycles. The van der Waals surface area contributed by atoms with E-state index in [0.717, 1.165) is 16.8 Å². The Balaban J connectivity index is 1.94. The summed E-state index contributed by atoms with van der Waals surface area (Å²) in [5.41, 5.74) is -1.06. The van der Waals surface area contributed by atoms with Crippen LogP contribution < -0.4 is 0 Å². The number of hydrogen-bond donors (Lipinski definition) is 0. The second kappa shape index (κ2) is 11.2. The second-order valence-electron chi connectivity index (χ2n) is 11.4. The van der Waals surface area contributed by atoms with E-state index in [9.17, 15) is 18.4 Å². The first kappa shape index (κ1) is 30.8. The zero-order valence-electron chi connectivity index (χ0n) is 23.1. The molecule has 0 radical (unpaired) electrons. The molecule has 41 heavy (non-hydrogen) atoms. The van der Waals surface area contributed by atoms with E-state index in [-0.39, 0.29) is 48.6 Å². The van der Waals surface area contributed by atoms with Gasteiger partial charge >= 0.3 is 5.97 Å². The molecule has 4 aromatic rings. The van der Waals surface area contributed by atoms with Gasteiger partial charge in [-0.2, -0.15) is 0 Å². The van der Waals surface area contributed by atoms with Crippen LogP contribution in [0.4, 0.5) is 8.78 Å². The van der Waals surface area contributed by atoms with Gasteiger partial charge in [0.05, 0.1) is 15.6 Å². The lowest BCUT2D eigenvalue weighted by molar-refractivity contribution is -0.148. The van der Waals surface area contributed by atoms with E-state index in [0.29, 0.717) is 5.56 Å². The average Bonchev–Trinajstić information content (AvgIpc) is 3.43. The van der Waals surface area contributed by atoms with Crippen molar-refractivity contribution in [1.82, 2.24) is 9.72 Å². The molecule has 6 nitrogen and oxygen atoms in total. The Hall–Kier alpha value is -3.20. The number of esters is 1. The summed E-state index contributed by atoms with van der Waals surface area (Å²) in [5.74, 6) is -1.11. The van der Waals surface area contributed by atoms with Gasteiger partial charge in [0.25, 0.3) is 12.3 Å². The van der Waals surface area contributed by atoms with E-state index in [1.54, 1.807) is 32.9 Å². The minimum absolute atomic E-state index is 0.0102. The third-order valence-electron chi connectivity index (χ3n) is 5.98. The molecule has 2 aromatic heterocycles. The Kier molecular flexibility index (Phi) is 8.42. The van der Waals surface area contributed by atoms with Crippen LogP contribution in [0.1, 0.15) is 75.2 Å². The molecule has 216 valence electrons. The third-order valence-corrected chi connectivity index (χ3v) is 6.80. The van der Waals surface area contributed by atoms with Crippen molar-refractivity contribution in [3.63, 3.8) is 0 Å². The quantitative estimate of drug-likeness (QED) is 0.163. The van der Waals surface area contributed by atoms with E-state index in [2.05, 4.69) is 5.16 Å². The van der Waals surface area contributed by atoms with Gasteiger partial charge in [-0.05, 0) is 50.6 Å². The van der Waals surface area contributed by atoms with Crippen molar-refractivity contribution in [1.29, 1.82) is 0 Å². The number of fused-ring (bicyclic) bond motifs is 1. The monoisotopic (exact) mass is 622 g/mol. The van der Waals surface area contributed by atoms with Crippen molar-refractivity contribution in [2.75, 3.05) is 0 Å². The van der Waals surface area contributed by atoms with Gasteiger partial charge in [-0.15, -0.1) is 0 Å². The predicted molar refractivity (Wildman–Crippen MR) is 157 cm³/mol. The lowest BCUT2D eigenvalue weighted by atomic mass is 9.88. The number of benzene rings is 2. The van der Waals surface area contributed by atoms with Crippen LogP contribution in [-0.2, 0) is 14.9 Å². The molecule has 0 atom stereocenters. The minimum Gasteiger partial charge on any atom is -0.457 e. The number of hydrogen-bond acceptors (Lipinski definition) is 5. The fraction of sp³-hybridized carbons (Fsp3) is 0.300. The first-order valence-corrected chi connectivity index (χ1v) is 13.7. The van der Waals surface area contributed by atoms with Crippen molar-refractivity contribution in [3.05, 3.63) is 80.1 Å². The highest BCUT2D eigenvalue weighted by Gasteiger charge is 2.35. The Labute approximate surface area is 250 Å². The van der Waals surface area contributed by atoms with Crippen molar-refractivity contribution < 1.29 is 27.6 Å². The lowest BCUT2D eigenvalue weighted by Crippen LogP contribution is -2.22. The first-order chi connectivity index (χ1) is 19.0. The van der Waals surface area contributed by atoms with Crippen molar-refractivity contribution in [2.24, 2.45) is 0 Å². The molecule has 0 amide bonds. The molecule has 0 aliphatic heterocycles. The van der Waals surface area contributed by atoms with Crippen LogP contribution in [0.2, 0.25) is 15.1 Å². The van der Waals surface area contributed by atoms with E-state index in [1.807, 2.05) is 20.8 Å². The number of ether oxygens (including phenoxy) is 1. The Morgan fingerprint density at radius 2 is 1.68 bits per heavy atom. The maximum absolute atomic E-state index is 14.4. The van der Waals surface area contributed by atoms with Crippen molar-refractivity contribution in [2.45, 2.75) is 59.0 Å². The van der Waals surface area contributed by atoms with Gasteiger partial charge in [0.1, 0.15) is 16.9 Å². The third kappa shape index (κ3) is 6.35. The lowest BCUT2D eigenvalue weighted by Gasteiger charge is -2.17. The number of halogens is 5. The van der Waals surface area contributed by atoms with Crippen LogP contribution in [0.15, 0.2) is 47.1 Å². The van der Waals surface area contributed by atoms with Gasteiger partial charge in [0.15, 0.2) is 5.76 Å². The molecule has 4 rings (SSSR count). The summed E-state index contributed by atoms with van der Waals surface area (Å²) >= 11 is 19.0. The molecule has 0 unspecified atom stereocenters. The van der Waals surface area contributed by atoms with E-state index in [4.69, 9.17) is 44.1 Å². The maximum atomic E-state index is 14.4. The number of nitrogens with zero attached hydrogens (tertiary/aromatic N) is 2. The summed E-state index contributed by atoms with van der Waals surface area (Å²) in [5, 5.41) is 4.78. The zero-order valence-corrected chi connectivity index (χ0v) is 25.4. The summed E-state index contributed by atoms with van der Waals surface area (Å²) in [7, 11) is 0. The molecule has 0 saturated heterocycles. The molecular weight excluding hydrogens is 597 g/mol. The van der Waals surface area contributed by atoms with Crippen molar-refractivity contribution in [3.8, 4) is 11.3 Å². The van der Waals surface area contributed by atoms with Gasteiger partial charge < -0.3 is 9.26 Å². The van der Waals surface area contributed by atoms with Crippen LogP contribution >= 0.6 is 34.8 Å². The predicted octanol–water partition coefficient (Wildman–Crippen LogP) is 9.53. The van der Waals surface area contributed by atoms with E-state index < -0.39 is 34.9 Å². The number of aromatic nitrogens is 2. The molecule has 0 aliphatic carbocycles. The summed E-state index contributed by atoms with van der Waals surface area (Å²) in [4.78, 5) is 26.5. The number of carbonyl (C=O) groups is 2. The smallest absolute Gasteiger partial charge is 0.331 e. The zero-order chi connectivity index (χ0) is 30.4. The van der Waals surface area contributed by atoms with Crippen LogP contribution in [0.3, 0.4) is 0 Å². The molecular formula is C30H27Cl3F2N2O4. The van der Waals surface area contributed by atoms with E-state index in [1.165, 1.54) is 24.3 Å². The molecule has 0 fully saturated rings. The minimum atomic E-state index is -2.92. The highest BCUT2D eigenvalue weighted by Crippen LogP contribution is 2.42. The number of alkyl halides is 2. The highest BCUT2D eigenvalue weighted by molar-refractivity contribution is 6.42. The van der Waals surface area contributed by atoms with Gasteiger partial charge in [-0.25, -0.2) is 13.6 Å². The van der Waals surface area contributed by atoms with Crippen LogP contribution in [0, 0.1) is 0 Å². The van der Waals surface area contributed by atoms with Crippen molar-refractivity contribution >= 4 is 63.7 Å². The van der Waals surface area contributed by atoms with Crippen LogP contribution in [0.25, 0.3) is 28.2 Å². The Morgan fingerprint density at radius 3 is 2.24 bits per heavy atom. The standard InChI is InChI=1S/C30H27Cl3F2N2O4/c1-29(2,3)26-24(25(36-41-26)23-18(32)12-16(31)13-19(23)33)28(39)37-14-17(27(34)35)22-15(8-7-9-20(22)37)10-11-21(38)40-30(4,5)6/h7-14,27H,1-6H3/b11-10+. The topological polar surface area (TPSA) is 74.3 Å². The number of rotatable bonds is 5. The van der Waals surface area contributed by atoms with Gasteiger partial charge in [0.2, 0.25) is 0 Å². The normalized spacial score (nSPS) is 12.6. The van der Waals surface area contributed by atoms with Gasteiger partial charge in [-0.3, -0.25) is 9.36 Å². The fourth-order valence-corrected chi connectivity index (χ4v) is 5.37. The van der Waals surface area contributed by atoms with E-state index >= 15 is 0 Å². The molecule has 0 bridgehead atoms. The Bertz CT molecular complexity index is 1670. The summed E-state index contributed by atoms with van der Waals surface area (Å²) in [6.07, 6.45) is 0.702. The van der Waals surface area contributed by atoms with Crippen LogP contribution in [0.5, 0.6) is 0 Å². The van der Waals surface area contributed by atoms with Gasteiger partial charge in [0, 0.05) is 39.2 Å². The molecule has 0 aliphatic rings. The molecule has 0 saturated carbocycles. The summed E-state index contributed by atoms with van der Waals surface area (Å²) in [6, 6.07) is 7.61. The molecule has 0 N–H and O–H groups in total. The summed E-state index contributed by atoms with van der Waals surface area (Å²) in [6.45, 7) is 10.6. The average molecular weight is 624 g/mol. The first-order valence-electron chi connectivity index (χ1n) is 12.5. The SMILES string of the molecule is CC(C)(C)OC(=O)/C=C/c1cccc2c1c(C(F)F)cn2C(=O)c1c(-c2c(Cl)cc(Cl)cc2Cl)noc1C(C)(C)C. The molecule has 2 heterocycles. The number of carbonyl (C=O) groups excluding carboxylic acids is 2. The highest BCUT2D eigenvalue weighted by atomic mass is 35.5. The Morgan fingerprint density at radius 1 is 1.05 bits per heavy atom. The molecule has 0 spiro atoms. The molecule has 11 heteroatoms. The second-order valence-corrected chi connectivity index (χ2v) is 12.6. The van der Waals surface area contributed by atoms with Crippen LogP contribution in [-0.4, -0.2) is 27.2 Å². The largest absolute Gasteiger partial charge is 0.457 e. The maximum Gasteiger partial charge on any atom is 0.331 e. The fourth-order valence-electron chi connectivity index (χ4n) is 4.37.